The molecule has 0 saturated heterocycles. The fourth-order valence-electron chi connectivity index (χ4n) is 2.18. The average molecular weight is 398 g/mol. The number of amides is 1. The molecule has 3 rings (SSSR count). The fourth-order valence-corrected chi connectivity index (χ4v) is 3.09. The second kappa shape index (κ2) is 6.92. The van der Waals surface area contributed by atoms with Crippen molar-refractivity contribution in [2.75, 3.05) is 5.43 Å². The summed E-state index contributed by atoms with van der Waals surface area (Å²) in [4.78, 5) is 28.9. The van der Waals surface area contributed by atoms with E-state index in [0.29, 0.717) is 10.7 Å². The molecule has 2 N–H and O–H groups in total. The number of nitrogens with one attached hydrogen (secondary N) is 2. The van der Waals surface area contributed by atoms with Crippen LogP contribution in [0, 0.1) is 6.92 Å². The molecule has 2 aromatic heterocycles. The maximum atomic E-state index is 12.4. The van der Waals surface area contributed by atoms with Gasteiger partial charge in [0.25, 0.3) is 11.5 Å². The van der Waals surface area contributed by atoms with Crippen LogP contribution >= 0.6 is 34.8 Å². The SMILES string of the molecule is Cc1ccn2c(=O)c(C(=O)NNc3c(Cl)cc(Cl)cc3Cl)cnc2c1. The van der Waals surface area contributed by atoms with E-state index in [2.05, 4.69) is 15.8 Å². The van der Waals surface area contributed by atoms with Crippen molar-refractivity contribution in [3.63, 3.8) is 0 Å². The molecule has 0 bridgehead atoms. The van der Waals surface area contributed by atoms with E-state index in [1.807, 2.05) is 6.92 Å². The fraction of sp³-hybridized carbons (Fsp3) is 0.0625. The van der Waals surface area contributed by atoms with E-state index in [1.54, 1.807) is 18.3 Å². The average Bonchev–Trinajstić information content (AvgIpc) is 2.53. The van der Waals surface area contributed by atoms with Gasteiger partial charge in [-0.05, 0) is 36.8 Å². The predicted octanol–water partition coefficient (Wildman–Crippen LogP) is 3.72. The predicted molar refractivity (Wildman–Crippen MR) is 98.8 cm³/mol. The van der Waals surface area contributed by atoms with Gasteiger partial charge in [-0.15, -0.1) is 0 Å². The lowest BCUT2D eigenvalue weighted by Gasteiger charge is -2.12. The number of carbonyl (C=O) groups excluding carboxylic acids is 1. The minimum Gasteiger partial charge on any atom is -0.295 e. The molecular weight excluding hydrogens is 387 g/mol. The minimum absolute atomic E-state index is 0.130. The maximum Gasteiger partial charge on any atom is 0.276 e. The van der Waals surface area contributed by atoms with Crippen LogP contribution in [0.5, 0.6) is 0 Å². The standard InChI is InChI=1S/C16H11Cl3N4O2/c1-8-2-3-23-13(4-8)20-7-10(16(23)25)15(24)22-21-14-11(18)5-9(17)6-12(14)19/h2-7,21H,1H3,(H,22,24). The number of hydrogen-bond donors (Lipinski definition) is 2. The Morgan fingerprint density at radius 2 is 1.84 bits per heavy atom. The van der Waals surface area contributed by atoms with Gasteiger partial charge in [-0.25, -0.2) is 4.98 Å². The number of nitrogens with zero attached hydrogens (tertiary/aromatic N) is 2. The van der Waals surface area contributed by atoms with Crippen LogP contribution in [0.4, 0.5) is 5.69 Å². The Morgan fingerprint density at radius 1 is 1.16 bits per heavy atom. The molecule has 9 heteroatoms. The number of benzene rings is 1. The van der Waals surface area contributed by atoms with Crippen molar-refractivity contribution < 1.29 is 4.79 Å². The molecular formula is C16H11Cl3N4O2. The molecule has 0 saturated carbocycles. The highest BCUT2D eigenvalue weighted by atomic mass is 35.5. The van der Waals surface area contributed by atoms with Crippen LogP contribution in [-0.4, -0.2) is 15.3 Å². The van der Waals surface area contributed by atoms with Gasteiger partial charge in [0.2, 0.25) is 0 Å². The van der Waals surface area contributed by atoms with E-state index in [9.17, 15) is 9.59 Å². The Labute approximate surface area is 157 Å². The third kappa shape index (κ3) is 3.56. The van der Waals surface area contributed by atoms with Crippen LogP contribution < -0.4 is 16.4 Å². The first-order valence-electron chi connectivity index (χ1n) is 7.06. The van der Waals surface area contributed by atoms with Gasteiger partial charge >= 0.3 is 0 Å². The number of carbonyl (C=O) groups is 1. The van der Waals surface area contributed by atoms with Gasteiger partial charge in [0.15, 0.2) is 0 Å². The molecule has 6 nitrogen and oxygen atoms in total. The molecule has 0 aliphatic carbocycles. The van der Waals surface area contributed by atoms with E-state index >= 15 is 0 Å². The van der Waals surface area contributed by atoms with Gasteiger partial charge in [0.05, 0.1) is 15.7 Å². The minimum atomic E-state index is -0.672. The Hall–Kier alpha value is -2.28. The van der Waals surface area contributed by atoms with Gasteiger partial charge in [-0.1, -0.05) is 34.8 Å². The molecule has 0 unspecified atom stereocenters. The third-order valence-electron chi connectivity index (χ3n) is 3.42. The van der Waals surface area contributed by atoms with Gasteiger partial charge in [0.1, 0.15) is 11.2 Å². The monoisotopic (exact) mass is 396 g/mol. The summed E-state index contributed by atoms with van der Waals surface area (Å²) in [5.41, 5.74) is 6.04. The number of pyridine rings is 1. The molecule has 25 heavy (non-hydrogen) atoms. The summed E-state index contributed by atoms with van der Waals surface area (Å²) < 4.78 is 1.30. The van der Waals surface area contributed by atoms with Crippen LogP contribution in [0.15, 0.2) is 41.5 Å². The molecule has 128 valence electrons. The topological polar surface area (TPSA) is 75.5 Å². The van der Waals surface area contributed by atoms with Crippen LogP contribution in [0.25, 0.3) is 5.65 Å². The van der Waals surface area contributed by atoms with E-state index in [-0.39, 0.29) is 21.3 Å². The van der Waals surface area contributed by atoms with Crippen molar-refractivity contribution in [2.24, 2.45) is 0 Å². The number of hydrazine groups is 1. The zero-order valence-electron chi connectivity index (χ0n) is 12.8. The summed E-state index contributed by atoms with van der Waals surface area (Å²) in [5, 5.41) is 0.808. The largest absolute Gasteiger partial charge is 0.295 e. The Morgan fingerprint density at radius 3 is 2.52 bits per heavy atom. The number of anilines is 1. The molecule has 0 aliphatic rings. The van der Waals surface area contributed by atoms with Gasteiger partial charge < -0.3 is 0 Å². The van der Waals surface area contributed by atoms with Crippen molar-refractivity contribution in [1.82, 2.24) is 14.8 Å². The highest BCUT2D eigenvalue weighted by molar-refractivity contribution is 6.41. The second-order valence-electron chi connectivity index (χ2n) is 5.23. The Kier molecular flexibility index (Phi) is 4.85. The number of aromatic nitrogens is 2. The number of aryl methyl sites for hydroxylation is 1. The highest BCUT2D eigenvalue weighted by Crippen LogP contribution is 2.33. The van der Waals surface area contributed by atoms with E-state index < -0.39 is 11.5 Å². The van der Waals surface area contributed by atoms with Crippen molar-refractivity contribution in [3.8, 4) is 0 Å². The second-order valence-corrected chi connectivity index (χ2v) is 6.48. The molecule has 0 radical (unpaired) electrons. The van der Waals surface area contributed by atoms with Crippen molar-refractivity contribution in [1.29, 1.82) is 0 Å². The Balaban J connectivity index is 1.87. The van der Waals surface area contributed by atoms with Crippen molar-refractivity contribution in [2.45, 2.75) is 6.92 Å². The lowest BCUT2D eigenvalue weighted by Crippen LogP contribution is -2.35. The van der Waals surface area contributed by atoms with Gasteiger partial charge in [-0.3, -0.25) is 24.8 Å². The zero-order chi connectivity index (χ0) is 18.1. The number of hydrogen-bond acceptors (Lipinski definition) is 4. The Bertz CT molecular complexity index is 1030. The maximum absolute atomic E-state index is 12.4. The normalized spacial score (nSPS) is 10.7. The van der Waals surface area contributed by atoms with Crippen LogP contribution in [0.1, 0.15) is 15.9 Å². The van der Waals surface area contributed by atoms with E-state index in [4.69, 9.17) is 34.8 Å². The van der Waals surface area contributed by atoms with E-state index in [0.717, 1.165) is 5.56 Å². The van der Waals surface area contributed by atoms with Crippen LogP contribution in [0.2, 0.25) is 15.1 Å². The number of fused-ring (bicyclic) bond motifs is 1. The smallest absolute Gasteiger partial charge is 0.276 e. The summed E-state index contributed by atoms with van der Waals surface area (Å²) in [6.07, 6.45) is 2.79. The molecule has 0 aliphatic heterocycles. The molecule has 1 amide bonds. The first-order chi connectivity index (χ1) is 11.9. The summed E-state index contributed by atoms with van der Waals surface area (Å²) >= 11 is 17.9. The van der Waals surface area contributed by atoms with Crippen molar-refractivity contribution >= 4 is 52.0 Å². The summed E-state index contributed by atoms with van der Waals surface area (Å²) in [6, 6.07) is 6.44. The van der Waals surface area contributed by atoms with Gasteiger partial charge in [0, 0.05) is 17.4 Å². The van der Waals surface area contributed by atoms with Crippen LogP contribution in [0.3, 0.4) is 0 Å². The lowest BCUT2D eigenvalue weighted by molar-refractivity contribution is 0.0960. The molecule has 2 heterocycles. The lowest BCUT2D eigenvalue weighted by atomic mass is 10.2. The summed E-state index contributed by atoms with van der Waals surface area (Å²) in [5.74, 6) is -0.672. The molecule has 0 fully saturated rings. The molecule has 3 aromatic rings. The molecule has 0 atom stereocenters. The zero-order valence-corrected chi connectivity index (χ0v) is 15.1. The van der Waals surface area contributed by atoms with Crippen molar-refractivity contribution in [3.05, 3.63) is 73.2 Å². The number of halogens is 3. The summed E-state index contributed by atoms with van der Waals surface area (Å²) in [6.45, 7) is 1.89. The molecule has 1 aromatic carbocycles. The van der Waals surface area contributed by atoms with Gasteiger partial charge in [-0.2, -0.15) is 0 Å². The molecule has 0 spiro atoms. The number of rotatable bonds is 3. The highest BCUT2D eigenvalue weighted by Gasteiger charge is 2.15. The quantitative estimate of drug-likeness (QED) is 0.661. The van der Waals surface area contributed by atoms with Crippen LogP contribution in [-0.2, 0) is 0 Å². The first-order valence-corrected chi connectivity index (χ1v) is 8.19. The third-order valence-corrected chi connectivity index (χ3v) is 4.23. The summed E-state index contributed by atoms with van der Waals surface area (Å²) in [7, 11) is 0. The first kappa shape index (κ1) is 17.5. The van der Waals surface area contributed by atoms with E-state index in [1.165, 1.54) is 22.7 Å².